The number of hydrogen-bond donors (Lipinski definition) is 2. The molecule has 0 aliphatic carbocycles. The zero-order chi connectivity index (χ0) is 11.5. The van der Waals surface area contributed by atoms with E-state index < -0.39 is 6.10 Å². The Hall–Kier alpha value is -0.870. The Kier molecular flexibility index (Phi) is 3.88. The van der Waals surface area contributed by atoms with Gasteiger partial charge in [-0.1, -0.05) is 0 Å². The van der Waals surface area contributed by atoms with Crippen LogP contribution in [0, 0.1) is 0 Å². The van der Waals surface area contributed by atoms with Crippen LogP contribution >= 0.6 is 0 Å². The normalized spacial score (nSPS) is 14.2. The summed E-state index contributed by atoms with van der Waals surface area (Å²) in [6, 6.07) is 0. The van der Waals surface area contributed by atoms with Crippen LogP contribution in [0.2, 0.25) is 0 Å². The molecule has 0 radical (unpaired) electrons. The third-order valence-corrected chi connectivity index (χ3v) is 2.25. The van der Waals surface area contributed by atoms with Gasteiger partial charge in [-0.2, -0.15) is 0 Å². The number of aliphatic hydroxyl groups is 1. The Balaban J connectivity index is 2.57. The van der Waals surface area contributed by atoms with Crippen LogP contribution in [0.15, 0.2) is 12.5 Å². The molecule has 1 aromatic heterocycles. The molecule has 0 fully saturated rings. The van der Waals surface area contributed by atoms with E-state index in [0.29, 0.717) is 6.54 Å². The molecular formula is C11H21N3O. The van der Waals surface area contributed by atoms with E-state index in [1.54, 1.807) is 12.5 Å². The van der Waals surface area contributed by atoms with Crippen molar-refractivity contribution >= 4 is 0 Å². The van der Waals surface area contributed by atoms with Crippen LogP contribution in [0.4, 0.5) is 0 Å². The lowest BCUT2D eigenvalue weighted by Crippen LogP contribution is -2.38. The smallest absolute Gasteiger partial charge is 0.108 e. The maximum absolute atomic E-state index is 9.96. The molecule has 0 aliphatic heterocycles. The van der Waals surface area contributed by atoms with Gasteiger partial charge in [-0.15, -0.1) is 0 Å². The molecule has 1 aromatic rings. The first-order chi connectivity index (χ1) is 6.94. The maximum Gasteiger partial charge on any atom is 0.108 e. The van der Waals surface area contributed by atoms with Gasteiger partial charge in [0.2, 0.25) is 0 Å². The summed E-state index contributed by atoms with van der Waals surface area (Å²) in [6.45, 7) is 9.66. The molecule has 0 saturated heterocycles. The van der Waals surface area contributed by atoms with Gasteiger partial charge in [0.15, 0.2) is 0 Å². The topological polar surface area (TPSA) is 50.1 Å². The van der Waals surface area contributed by atoms with E-state index in [2.05, 4.69) is 31.1 Å². The van der Waals surface area contributed by atoms with Gasteiger partial charge in [0.05, 0.1) is 18.2 Å². The fraction of sp³-hybridized carbons (Fsp3) is 0.727. The number of nitrogens with one attached hydrogen (secondary N) is 1. The Bertz CT molecular complexity index is 301. The van der Waals surface area contributed by atoms with E-state index in [1.807, 2.05) is 11.5 Å². The molecule has 0 saturated carbocycles. The minimum Gasteiger partial charge on any atom is -0.385 e. The highest BCUT2D eigenvalue weighted by Crippen LogP contribution is 2.12. The summed E-state index contributed by atoms with van der Waals surface area (Å²) in [6.07, 6.45) is 2.97. The number of imidazole rings is 1. The number of nitrogens with zero attached hydrogens (tertiary/aromatic N) is 2. The standard InChI is InChI=1S/C11H21N3O/c1-5-14-8-12-6-9(14)10(15)7-13-11(2,3)4/h6,8,10,13,15H,5,7H2,1-4H3. The summed E-state index contributed by atoms with van der Waals surface area (Å²) >= 11 is 0. The SMILES string of the molecule is CCn1cncc1C(O)CNC(C)(C)C. The predicted molar refractivity (Wildman–Crippen MR) is 60.6 cm³/mol. The van der Waals surface area contributed by atoms with Crippen molar-refractivity contribution in [1.82, 2.24) is 14.9 Å². The Morgan fingerprint density at radius 1 is 1.53 bits per heavy atom. The van der Waals surface area contributed by atoms with Crippen LogP contribution in [0.3, 0.4) is 0 Å². The van der Waals surface area contributed by atoms with Crippen molar-refractivity contribution < 1.29 is 5.11 Å². The van der Waals surface area contributed by atoms with Gasteiger partial charge < -0.3 is 15.0 Å². The molecule has 4 heteroatoms. The van der Waals surface area contributed by atoms with Crippen LogP contribution in [0.1, 0.15) is 39.5 Å². The fourth-order valence-electron chi connectivity index (χ4n) is 1.38. The molecule has 0 bridgehead atoms. The highest BCUT2D eigenvalue weighted by molar-refractivity contribution is 5.03. The van der Waals surface area contributed by atoms with Crippen molar-refractivity contribution in [2.45, 2.75) is 45.9 Å². The maximum atomic E-state index is 9.96. The summed E-state index contributed by atoms with van der Waals surface area (Å²) in [5, 5.41) is 13.2. The monoisotopic (exact) mass is 211 g/mol. The van der Waals surface area contributed by atoms with Crippen LogP contribution < -0.4 is 5.32 Å². The highest BCUT2D eigenvalue weighted by Gasteiger charge is 2.15. The molecule has 1 unspecified atom stereocenters. The Morgan fingerprint density at radius 2 is 2.20 bits per heavy atom. The molecule has 15 heavy (non-hydrogen) atoms. The van der Waals surface area contributed by atoms with Gasteiger partial charge in [-0.05, 0) is 27.7 Å². The molecule has 86 valence electrons. The first-order valence-electron chi connectivity index (χ1n) is 5.37. The second-order valence-electron chi connectivity index (χ2n) is 4.75. The molecule has 4 nitrogen and oxygen atoms in total. The minimum absolute atomic E-state index is 0.0258. The summed E-state index contributed by atoms with van der Waals surface area (Å²) in [4.78, 5) is 4.03. The number of aromatic nitrogens is 2. The lowest BCUT2D eigenvalue weighted by atomic mass is 10.1. The van der Waals surface area contributed by atoms with E-state index in [-0.39, 0.29) is 5.54 Å². The Morgan fingerprint density at radius 3 is 2.73 bits per heavy atom. The minimum atomic E-state index is -0.494. The molecule has 0 aliphatic rings. The first kappa shape index (κ1) is 12.2. The molecule has 0 spiro atoms. The lowest BCUT2D eigenvalue weighted by Gasteiger charge is -2.23. The van der Waals surface area contributed by atoms with Crippen molar-refractivity contribution in [1.29, 1.82) is 0 Å². The summed E-state index contributed by atoms with van der Waals surface area (Å²) in [5.41, 5.74) is 0.896. The predicted octanol–water partition coefficient (Wildman–Crippen LogP) is 1.32. The third-order valence-electron chi connectivity index (χ3n) is 2.25. The van der Waals surface area contributed by atoms with Crippen LogP contribution in [-0.2, 0) is 6.54 Å². The van der Waals surface area contributed by atoms with Crippen molar-refractivity contribution in [3.8, 4) is 0 Å². The molecule has 0 amide bonds. The zero-order valence-electron chi connectivity index (χ0n) is 9.99. The third kappa shape index (κ3) is 3.64. The molecule has 1 rings (SSSR count). The van der Waals surface area contributed by atoms with Crippen molar-refractivity contribution in [3.05, 3.63) is 18.2 Å². The zero-order valence-corrected chi connectivity index (χ0v) is 9.99. The van der Waals surface area contributed by atoms with Crippen LogP contribution in [-0.4, -0.2) is 26.7 Å². The van der Waals surface area contributed by atoms with Crippen molar-refractivity contribution in [2.24, 2.45) is 0 Å². The second-order valence-corrected chi connectivity index (χ2v) is 4.75. The van der Waals surface area contributed by atoms with Gasteiger partial charge in [-0.3, -0.25) is 0 Å². The number of hydrogen-bond acceptors (Lipinski definition) is 3. The largest absolute Gasteiger partial charge is 0.385 e. The van der Waals surface area contributed by atoms with E-state index in [0.717, 1.165) is 12.2 Å². The van der Waals surface area contributed by atoms with Gasteiger partial charge >= 0.3 is 0 Å². The fourth-order valence-corrected chi connectivity index (χ4v) is 1.38. The number of aliphatic hydroxyl groups excluding tert-OH is 1. The average Bonchev–Trinajstić information content (AvgIpc) is 2.60. The molecular weight excluding hydrogens is 190 g/mol. The number of aryl methyl sites for hydroxylation is 1. The lowest BCUT2D eigenvalue weighted by molar-refractivity contribution is 0.155. The number of rotatable bonds is 4. The highest BCUT2D eigenvalue weighted by atomic mass is 16.3. The average molecular weight is 211 g/mol. The van der Waals surface area contributed by atoms with E-state index in [9.17, 15) is 5.11 Å². The quantitative estimate of drug-likeness (QED) is 0.790. The molecule has 1 heterocycles. The first-order valence-corrected chi connectivity index (χ1v) is 5.37. The summed E-state index contributed by atoms with van der Waals surface area (Å²) in [7, 11) is 0. The van der Waals surface area contributed by atoms with Crippen molar-refractivity contribution in [2.75, 3.05) is 6.54 Å². The molecule has 2 N–H and O–H groups in total. The van der Waals surface area contributed by atoms with E-state index >= 15 is 0 Å². The van der Waals surface area contributed by atoms with Gasteiger partial charge in [0.25, 0.3) is 0 Å². The van der Waals surface area contributed by atoms with Gasteiger partial charge in [0.1, 0.15) is 6.10 Å². The van der Waals surface area contributed by atoms with Crippen LogP contribution in [0.5, 0.6) is 0 Å². The van der Waals surface area contributed by atoms with Gasteiger partial charge in [0, 0.05) is 18.6 Å². The Labute approximate surface area is 91.3 Å². The molecule has 0 aromatic carbocycles. The number of β-amino-alcohol motifs (C(OH)–C–C–N with tert-alkyl or cyclic N) is 1. The second kappa shape index (κ2) is 4.77. The summed E-state index contributed by atoms with van der Waals surface area (Å²) in [5.74, 6) is 0. The van der Waals surface area contributed by atoms with Crippen LogP contribution in [0.25, 0.3) is 0 Å². The van der Waals surface area contributed by atoms with E-state index in [1.165, 1.54) is 0 Å². The molecule has 1 atom stereocenters. The van der Waals surface area contributed by atoms with Gasteiger partial charge in [-0.25, -0.2) is 4.98 Å². The van der Waals surface area contributed by atoms with Crippen molar-refractivity contribution in [3.63, 3.8) is 0 Å². The summed E-state index contributed by atoms with van der Waals surface area (Å²) < 4.78 is 1.95. The van der Waals surface area contributed by atoms with E-state index in [4.69, 9.17) is 0 Å².